The molecule has 0 unspecified atom stereocenters. The van der Waals surface area contributed by atoms with Crippen LogP contribution in [0.25, 0.3) is 0 Å². The Morgan fingerprint density at radius 1 is 1.47 bits per heavy atom. The average molecular weight is 237 g/mol. The van der Waals surface area contributed by atoms with E-state index in [4.69, 9.17) is 10.5 Å². The Morgan fingerprint density at radius 2 is 2.18 bits per heavy atom. The van der Waals surface area contributed by atoms with Crippen molar-refractivity contribution in [2.75, 3.05) is 32.5 Å². The van der Waals surface area contributed by atoms with Crippen molar-refractivity contribution in [2.24, 2.45) is 0 Å². The third kappa shape index (κ3) is 4.22. The number of ether oxygens (including phenoxy) is 1. The maximum absolute atomic E-state index is 11.4. The van der Waals surface area contributed by atoms with Crippen LogP contribution in [0, 0.1) is 0 Å². The molecule has 0 aliphatic carbocycles. The molecule has 1 rings (SSSR count). The van der Waals surface area contributed by atoms with Gasteiger partial charge in [-0.3, -0.25) is 0 Å². The molecule has 0 spiro atoms. The van der Waals surface area contributed by atoms with Crippen LogP contribution in [0.15, 0.2) is 24.3 Å². The molecule has 0 saturated heterocycles. The molecular formula is C12H19N3O2. The molecule has 0 bridgehead atoms. The van der Waals surface area contributed by atoms with Crippen molar-refractivity contribution >= 4 is 11.7 Å². The van der Waals surface area contributed by atoms with Gasteiger partial charge in [0.2, 0.25) is 0 Å². The number of nitrogen functional groups attached to an aromatic ring is 1. The first-order chi connectivity index (χ1) is 8.15. The lowest BCUT2D eigenvalue weighted by atomic mass is 10.3. The molecular weight excluding hydrogens is 218 g/mol. The summed E-state index contributed by atoms with van der Waals surface area (Å²) in [5.74, 6) is 0.644. The molecule has 0 atom stereocenters. The number of nitrogens with two attached hydrogens (primary N) is 1. The van der Waals surface area contributed by atoms with Crippen LogP contribution < -0.4 is 15.8 Å². The van der Waals surface area contributed by atoms with E-state index in [1.807, 2.05) is 19.1 Å². The number of benzene rings is 1. The largest absolute Gasteiger partial charge is 0.490 e. The van der Waals surface area contributed by atoms with Crippen LogP contribution in [0.4, 0.5) is 10.5 Å². The lowest BCUT2D eigenvalue weighted by Crippen LogP contribution is -2.38. The number of amides is 2. The third-order valence-corrected chi connectivity index (χ3v) is 2.38. The van der Waals surface area contributed by atoms with Gasteiger partial charge in [-0.2, -0.15) is 0 Å². The normalized spacial score (nSPS) is 9.76. The monoisotopic (exact) mass is 237 g/mol. The molecule has 5 nitrogen and oxygen atoms in total. The molecule has 0 radical (unpaired) electrons. The minimum Gasteiger partial charge on any atom is -0.490 e. The van der Waals surface area contributed by atoms with Gasteiger partial charge in [0.25, 0.3) is 0 Å². The third-order valence-electron chi connectivity index (χ3n) is 2.38. The van der Waals surface area contributed by atoms with Crippen LogP contribution in [-0.4, -0.2) is 37.7 Å². The van der Waals surface area contributed by atoms with E-state index >= 15 is 0 Å². The highest BCUT2D eigenvalue weighted by Crippen LogP contribution is 2.19. The fourth-order valence-corrected chi connectivity index (χ4v) is 1.21. The second-order valence-corrected chi connectivity index (χ2v) is 3.63. The fraction of sp³-hybridized carbons (Fsp3) is 0.417. The zero-order valence-electron chi connectivity index (χ0n) is 10.3. The molecule has 0 saturated carbocycles. The number of carbonyl (C=O) groups is 1. The topological polar surface area (TPSA) is 67.6 Å². The summed E-state index contributed by atoms with van der Waals surface area (Å²) in [5.41, 5.74) is 6.31. The highest BCUT2D eigenvalue weighted by molar-refractivity contribution is 5.73. The molecule has 1 aromatic rings. The SMILES string of the molecule is CCN(C)C(=O)NCCOc1ccccc1N. The van der Waals surface area contributed by atoms with Crippen LogP contribution >= 0.6 is 0 Å². The predicted octanol–water partition coefficient (Wildman–Crippen LogP) is 1.31. The molecule has 17 heavy (non-hydrogen) atoms. The number of para-hydroxylation sites is 2. The van der Waals surface area contributed by atoms with Crippen LogP contribution in [0.3, 0.4) is 0 Å². The Kier molecular flexibility index (Phi) is 5.13. The zero-order valence-corrected chi connectivity index (χ0v) is 10.3. The Balaban J connectivity index is 2.25. The smallest absolute Gasteiger partial charge is 0.317 e. The number of nitrogens with one attached hydrogen (secondary N) is 1. The van der Waals surface area contributed by atoms with Gasteiger partial charge in [0.1, 0.15) is 12.4 Å². The lowest BCUT2D eigenvalue weighted by molar-refractivity contribution is 0.207. The quantitative estimate of drug-likeness (QED) is 0.599. The van der Waals surface area contributed by atoms with E-state index in [1.54, 1.807) is 24.1 Å². The van der Waals surface area contributed by atoms with Gasteiger partial charge in [-0.25, -0.2) is 4.79 Å². The first kappa shape index (κ1) is 13.2. The standard InChI is InChI=1S/C12H19N3O2/c1-3-15(2)12(16)14-8-9-17-11-7-5-4-6-10(11)13/h4-7H,3,8-9,13H2,1-2H3,(H,14,16). The van der Waals surface area contributed by atoms with Crippen molar-refractivity contribution < 1.29 is 9.53 Å². The average Bonchev–Trinajstić information content (AvgIpc) is 2.35. The van der Waals surface area contributed by atoms with Gasteiger partial charge in [0.15, 0.2) is 0 Å². The van der Waals surface area contributed by atoms with Gasteiger partial charge in [-0.1, -0.05) is 12.1 Å². The highest BCUT2D eigenvalue weighted by atomic mass is 16.5. The Bertz CT molecular complexity index is 369. The van der Waals surface area contributed by atoms with Crippen molar-refractivity contribution in [2.45, 2.75) is 6.92 Å². The molecule has 0 heterocycles. The van der Waals surface area contributed by atoms with Gasteiger partial charge in [-0.05, 0) is 19.1 Å². The predicted molar refractivity (Wildman–Crippen MR) is 68.1 cm³/mol. The maximum atomic E-state index is 11.4. The second-order valence-electron chi connectivity index (χ2n) is 3.63. The summed E-state index contributed by atoms with van der Waals surface area (Å²) in [7, 11) is 1.74. The number of urea groups is 1. The summed E-state index contributed by atoms with van der Waals surface area (Å²) < 4.78 is 5.44. The van der Waals surface area contributed by atoms with Gasteiger partial charge < -0.3 is 20.7 Å². The van der Waals surface area contributed by atoms with Crippen molar-refractivity contribution in [1.82, 2.24) is 10.2 Å². The van der Waals surface area contributed by atoms with E-state index in [9.17, 15) is 4.79 Å². The molecule has 3 N–H and O–H groups in total. The maximum Gasteiger partial charge on any atom is 0.317 e. The fourth-order valence-electron chi connectivity index (χ4n) is 1.21. The minimum absolute atomic E-state index is 0.0999. The molecule has 2 amide bonds. The number of hydrogen-bond donors (Lipinski definition) is 2. The number of rotatable bonds is 5. The number of nitrogens with zero attached hydrogens (tertiary/aromatic N) is 1. The minimum atomic E-state index is -0.0999. The van der Waals surface area contributed by atoms with Crippen molar-refractivity contribution in [1.29, 1.82) is 0 Å². The number of anilines is 1. The van der Waals surface area contributed by atoms with Crippen LogP contribution in [0.5, 0.6) is 5.75 Å². The molecule has 0 fully saturated rings. The van der Waals surface area contributed by atoms with Crippen LogP contribution in [0.2, 0.25) is 0 Å². The lowest BCUT2D eigenvalue weighted by Gasteiger charge is -2.15. The van der Waals surface area contributed by atoms with Gasteiger partial charge >= 0.3 is 6.03 Å². The zero-order chi connectivity index (χ0) is 12.7. The van der Waals surface area contributed by atoms with Crippen molar-refractivity contribution in [3.8, 4) is 5.75 Å². The second kappa shape index (κ2) is 6.62. The summed E-state index contributed by atoms with van der Waals surface area (Å²) in [4.78, 5) is 13.0. The summed E-state index contributed by atoms with van der Waals surface area (Å²) in [6, 6.07) is 7.18. The van der Waals surface area contributed by atoms with Crippen molar-refractivity contribution in [3.63, 3.8) is 0 Å². The van der Waals surface area contributed by atoms with E-state index in [0.717, 1.165) is 0 Å². The van der Waals surface area contributed by atoms with Crippen LogP contribution in [0.1, 0.15) is 6.92 Å². The molecule has 5 heteroatoms. The first-order valence-electron chi connectivity index (χ1n) is 5.61. The van der Waals surface area contributed by atoms with Gasteiger partial charge in [-0.15, -0.1) is 0 Å². The summed E-state index contributed by atoms with van der Waals surface area (Å²) in [5, 5.41) is 2.74. The molecule has 0 aliphatic rings. The summed E-state index contributed by atoms with van der Waals surface area (Å²) in [6.07, 6.45) is 0. The summed E-state index contributed by atoms with van der Waals surface area (Å²) >= 11 is 0. The number of hydrogen-bond acceptors (Lipinski definition) is 3. The number of carbonyl (C=O) groups excluding carboxylic acids is 1. The molecule has 1 aromatic carbocycles. The van der Waals surface area contributed by atoms with E-state index in [-0.39, 0.29) is 6.03 Å². The van der Waals surface area contributed by atoms with Crippen LogP contribution in [-0.2, 0) is 0 Å². The van der Waals surface area contributed by atoms with Gasteiger partial charge in [0, 0.05) is 13.6 Å². The first-order valence-corrected chi connectivity index (χ1v) is 5.61. The van der Waals surface area contributed by atoms with E-state index in [2.05, 4.69) is 5.32 Å². The molecule has 94 valence electrons. The van der Waals surface area contributed by atoms with E-state index in [1.165, 1.54) is 0 Å². The Morgan fingerprint density at radius 3 is 2.82 bits per heavy atom. The molecule has 0 aromatic heterocycles. The van der Waals surface area contributed by atoms with E-state index in [0.29, 0.717) is 31.1 Å². The van der Waals surface area contributed by atoms with Crippen molar-refractivity contribution in [3.05, 3.63) is 24.3 Å². The van der Waals surface area contributed by atoms with Gasteiger partial charge in [0.05, 0.1) is 12.2 Å². The Labute approximate surface area is 102 Å². The highest BCUT2D eigenvalue weighted by Gasteiger charge is 2.04. The summed E-state index contributed by atoms with van der Waals surface area (Å²) in [6.45, 7) is 3.45. The van der Waals surface area contributed by atoms with E-state index < -0.39 is 0 Å². The Hall–Kier alpha value is -1.91. The molecule has 0 aliphatic heterocycles.